The average Bonchev–Trinajstić information content (AvgIpc) is 2.87. The summed E-state index contributed by atoms with van der Waals surface area (Å²) in [6.07, 6.45) is 1.02. The lowest BCUT2D eigenvalue weighted by Gasteiger charge is -2.07. The highest BCUT2D eigenvalue weighted by molar-refractivity contribution is 6.04. The quantitative estimate of drug-likeness (QED) is 0.861. The van der Waals surface area contributed by atoms with E-state index in [-0.39, 0.29) is 5.91 Å². The van der Waals surface area contributed by atoms with Crippen LogP contribution in [-0.4, -0.2) is 12.5 Å². The van der Waals surface area contributed by atoms with Gasteiger partial charge in [0.25, 0.3) is 5.91 Å². The number of hydrogen-bond acceptors (Lipinski definition) is 2. The van der Waals surface area contributed by atoms with Crippen LogP contribution in [0.15, 0.2) is 42.5 Å². The third kappa shape index (κ3) is 2.45. The zero-order valence-electron chi connectivity index (χ0n) is 10.9. The summed E-state index contributed by atoms with van der Waals surface area (Å²) < 4.78 is 0. The molecule has 0 spiro atoms. The molecule has 0 bridgehead atoms. The van der Waals surface area contributed by atoms with Gasteiger partial charge in [0, 0.05) is 23.5 Å². The molecule has 0 radical (unpaired) electrons. The molecular weight excluding hydrogens is 236 g/mol. The summed E-state index contributed by atoms with van der Waals surface area (Å²) in [7, 11) is 0. The highest BCUT2D eigenvalue weighted by Crippen LogP contribution is 2.25. The first kappa shape index (κ1) is 11.8. The van der Waals surface area contributed by atoms with Gasteiger partial charge in [-0.2, -0.15) is 0 Å². The van der Waals surface area contributed by atoms with Crippen LogP contribution in [0.25, 0.3) is 0 Å². The van der Waals surface area contributed by atoms with Crippen LogP contribution in [0.2, 0.25) is 0 Å². The van der Waals surface area contributed by atoms with E-state index in [1.807, 2.05) is 49.4 Å². The van der Waals surface area contributed by atoms with Crippen LogP contribution in [0.4, 0.5) is 11.4 Å². The van der Waals surface area contributed by atoms with E-state index in [0.29, 0.717) is 5.56 Å². The zero-order valence-corrected chi connectivity index (χ0v) is 10.9. The fourth-order valence-corrected chi connectivity index (χ4v) is 2.29. The number of aryl methyl sites for hydroxylation is 1. The van der Waals surface area contributed by atoms with Crippen LogP contribution in [0.3, 0.4) is 0 Å². The molecule has 3 heteroatoms. The van der Waals surface area contributed by atoms with Crippen LogP contribution >= 0.6 is 0 Å². The molecule has 0 unspecified atom stereocenters. The number of amides is 1. The number of nitrogens with one attached hydrogen (secondary N) is 2. The maximum absolute atomic E-state index is 12.1. The van der Waals surface area contributed by atoms with E-state index in [1.54, 1.807) is 0 Å². The van der Waals surface area contributed by atoms with Gasteiger partial charge in [0.2, 0.25) is 0 Å². The Kier molecular flexibility index (Phi) is 2.95. The third-order valence-corrected chi connectivity index (χ3v) is 3.39. The number of hydrogen-bond donors (Lipinski definition) is 2. The number of carbonyl (C=O) groups is 1. The Labute approximate surface area is 112 Å². The minimum atomic E-state index is -0.0640. The second kappa shape index (κ2) is 4.76. The Hall–Kier alpha value is -2.29. The minimum absolute atomic E-state index is 0.0640. The lowest BCUT2D eigenvalue weighted by atomic mass is 10.1. The molecule has 1 heterocycles. The average molecular weight is 252 g/mol. The summed E-state index contributed by atoms with van der Waals surface area (Å²) >= 11 is 0. The van der Waals surface area contributed by atoms with Crippen molar-refractivity contribution in [2.75, 3.05) is 17.2 Å². The third-order valence-electron chi connectivity index (χ3n) is 3.39. The summed E-state index contributed by atoms with van der Waals surface area (Å²) in [5.41, 5.74) is 5.13. The second-order valence-electron chi connectivity index (χ2n) is 4.87. The van der Waals surface area contributed by atoms with E-state index in [0.717, 1.165) is 24.2 Å². The van der Waals surface area contributed by atoms with E-state index in [2.05, 4.69) is 10.6 Å². The molecule has 0 atom stereocenters. The Morgan fingerprint density at radius 3 is 2.74 bits per heavy atom. The van der Waals surface area contributed by atoms with Gasteiger partial charge in [-0.25, -0.2) is 0 Å². The predicted molar refractivity (Wildman–Crippen MR) is 77.8 cm³/mol. The molecule has 19 heavy (non-hydrogen) atoms. The van der Waals surface area contributed by atoms with Gasteiger partial charge in [-0.15, -0.1) is 0 Å². The molecule has 1 aliphatic heterocycles. The normalized spacial score (nSPS) is 12.7. The van der Waals surface area contributed by atoms with Crippen molar-refractivity contribution in [1.29, 1.82) is 0 Å². The molecule has 2 N–H and O–H groups in total. The van der Waals surface area contributed by atoms with Crippen LogP contribution in [0, 0.1) is 6.92 Å². The summed E-state index contributed by atoms with van der Waals surface area (Å²) in [5.74, 6) is -0.0640. The van der Waals surface area contributed by atoms with Crippen molar-refractivity contribution in [3.63, 3.8) is 0 Å². The Balaban J connectivity index is 1.77. The maximum atomic E-state index is 12.1. The van der Waals surface area contributed by atoms with Crippen molar-refractivity contribution in [2.45, 2.75) is 13.3 Å². The second-order valence-corrected chi connectivity index (χ2v) is 4.87. The van der Waals surface area contributed by atoms with E-state index in [4.69, 9.17) is 0 Å². The fourth-order valence-electron chi connectivity index (χ4n) is 2.29. The van der Waals surface area contributed by atoms with Crippen molar-refractivity contribution in [1.82, 2.24) is 0 Å². The Bertz CT molecular complexity index is 617. The topological polar surface area (TPSA) is 41.1 Å². The van der Waals surface area contributed by atoms with Gasteiger partial charge in [0.1, 0.15) is 0 Å². The van der Waals surface area contributed by atoms with Gasteiger partial charge in [0.05, 0.1) is 0 Å². The first-order valence-corrected chi connectivity index (χ1v) is 6.47. The molecular formula is C16H16N2O. The molecule has 0 aliphatic carbocycles. The Morgan fingerprint density at radius 2 is 1.95 bits per heavy atom. The van der Waals surface area contributed by atoms with Crippen molar-refractivity contribution >= 4 is 17.3 Å². The highest BCUT2D eigenvalue weighted by Gasteiger charge is 2.11. The van der Waals surface area contributed by atoms with Crippen molar-refractivity contribution in [3.05, 3.63) is 59.2 Å². The first-order valence-electron chi connectivity index (χ1n) is 6.47. The molecule has 3 rings (SSSR count). The highest BCUT2D eigenvalue weighted by atomic mass is 16.1. The van der Waals surface area contributed by atoms with Gasteiger partial charge < -0.3 is 10.6 Å². The lowest BCUT2D eigenvalue weighted by Crippen LogP contribution is -2.11. The van der Waals surface area contributed by atoms with E-state index >= 15 is 0 Å². The molecule has 3 nitrogen and oxygen atoms in total. The summed E-state index contributed by atoms with van der Waals surface area (Å²) in [5, 5.41) is 6.25. The molecule has 2 aromatic carbocycles. The minimum Gasteiger partial charge on any atom is -0.384 e. The Morgan fingerprint density at radius 1 is 1.16 bits per heavy atom. The molecule has 96 valence electrons. The van der Waals surface area contributed by atoms with Gasteiger partial charge in [0.15, 0.2) is 0 Å². The van der Waals surface area contributed by atoms with E-state index in [9.17, 15) is 4.79 Å². The zero-order chi connectivity index (χ0) is 13.2. The monoisotopic (exact) mass is 252 g/mol. The van der Waals surface area contributed by atoms with Gasteiger partial charge in [-0.3, -0.25) is 4.79 Å². The van der Waals surface area contributed by atoms with E-state index in [1.165, 1.54) is 11.3 Å². The molecule has 1 amide bonds. The fraction of sp³-hybridized carbons (Fsp3) is 0.188. The van der Waals surface area contributed by atoms with Gasteiger partial charge >= 0.3 is 0 Å². The van der Waals surface area contributed by atoms with Crippen molar-refractivity contribution in [2.24, 2.45) is 0 Å². The number of fused-ring (bicyclic) bond motifs is 1. The predicted octanol–water partition coefficient (Wildman–Crippen LogP) is 3.22. The number of benzene rings is 2. The molecule has 1 aliphatic rings. The van der Waals surface area contributed by atoms with Crippen molar-refractivity contribution in [3.8, 4) is 0 Å². The largest absolute Gasteiger partial charge is 0.384 e. The van der Waals surface area contributed by atoms with Crippen LogP contribution in [0.1, 0.15) is 21.5 Å². The molecule has 0 aromatic heterocycles. The number of rotatable bonds is 2. The smallest absolute Gasteiger partial charge is 0.255 e. The lowest BCUT2D eigenvalue weighted by molar-refractivity contribution is 0.102. The summed E-state index contributed by atoms with van der Waals surface area (Å²) in [6.45, 7) is 2.99. The van der Waals surface area contributed by atoms with Crippen LogP contribution in [0.5, 0.6) is 0 Å². The van der Waals surface area contributed by atoms with Gasteiger partial charge in [-0.1, -0.05) is 17.7 Å². The number of anilines is 2. The summed E-state index contributed by atoms with van der Waals surface area (Å²) in [6, 6.07) is 13.6. The number of carbonyl (C=O) groups excluding carboxylic acids is 1. The SMILES string of the molecule is Cc1ccc(C(=O)Nc2ccc3c(c2)CCN3)cc1. The first-order chi connectivity index (χ1) is 9.22. The summed E-state index contributed by atoms with van der Waals surface area (Å²) in [4.78, 5) is 12.1. The molecule has 2 aromatic rings. The van der Waals surface area contributed by atoms with Gasteiger partial charge in [-0.05, 0) is 49.2 Å². The molecule has 0 fully saturated rings. The molecule has 0 saturated carbocycles. The maximum Gasteiger partial charge on any atom is 0.255 e. The van der Waals surface area contributed by atoms with Crippen molar-refractivity contribution < 1.29 is 4.79 Å². The van der Waals surface area contributed by atoms with E-state index < -0.39 is 0 Å². The van der Waals surface area contributed by atoms with Crippen LogP contribution < -0.4 is 10.6 Å². The van der Waals surface area contributed by atoms with Crippen LogP contribution in [-0.2, 0) is 6.42 Å². The standard InChI is InChI=1S/C16H16N2O/c1-11-2-4-12(5-3-11)16(19)18-14-6-7-15-13(10-14)8-9-17-15/h2-7,10,17H,8-9H2,1H3,(H,18,19). The molecule has 0 saturated heterocycles.